The SMILES string of the molecule is O=C(c1ccccc1)N(/N=C\c1ccc([N+](=O)[O-])o1)c1nc2ccc(F)cc2s1. The van der Waals surface area contributed by atoms with Gasteiger partial charge in [-0.1, -0.05) is 29.5 Å². The van der Waals surface area contributed by atoms with Gasteiger partial charge in [0.2, 0.25) is 5.13 Å². The van der Waals surface area contributed by atoms with Crippen LogP contribution in [0.3, 0.4) is 0 Å². The van der Waals surface area contributed by atoms with Crippen molar-refractivity contribution in [3.05, 3.63) is 87.9 Å². The minimum atomic E-state index is -0.674. The number of amides is 1. The van der Waals surface area contributed by atoms with Crippen LogP contribution in [0.25, 0.3) is 10.2 Å². The van der Waals surface area contributed by atoms with Gasteiger partial charge < -0.3 is 4.42 Å². The number of benzene rings is 2. The summed E-state index contributed by atoms with van der Waals surface area (Å²) in [6.45, 7) is 0. The van der Waals surface area contributed by atoms with Crippen molar-refractivity contribution in [2.45, 2.75) is 0 Å². The normalized spacial score (nSPS) is 11.2. The molecule has 0 spiro atoms. The number of thiazole rings is 1. The summed E-state index contributed by atoms with van der Waals surface area (Å²) in [4.78, 5) is 27.4. The van der Waals surface area contributed by atoms with E-state index in [1.807, 2.05) is 0 Å². The van der Waals surface area contributed by atoms with E-state index < -0.39 is 22.5 Å². The number of nitro groups is 1. The number of halogens is 1. The quantitative estimate of drug-likeness (QED) is 0.271. The standard InChI is InChI=1S/C19H11FN4O4S/c20-13-6-8-15-16(10-13)29-19(22-15)23(18(25)12-4-2-1-3-5-12)21-11-14-7-9-17(28-14)24(26)27/h1-11H/b21-11-. The van der Waals surface area contributed by atoms with Gasteiger partial charge in [0.15, 0.2) is 5.76 Å². The van der Waals surface area contributed by atoms with Gasteiger partial charge in [0.1, 0.15) is 10.7 Å². The number of anilines is 1. The molecule has 2 aromatic carbocycles. The molecule has 1 amide bonds. The minimum Gasteiger partial charge on any atom is -0.400 e. The Balaban J connectivity index is 1.74. The molecule has 0 atom stereocenters. The van der Waals surface area contributed by atoms with Crippen LogP contribution in [0.4, 0.5) is 15.4 Å². The van der Waals surface area contributed by atoms with Crippen molar-refractivity contribution in [3.63, 3.8) is 0 Å². The molecule has 0 bridgehead atoms. The zero-order valence-corrected chi connectivity index (χ0v) is 15.4. The molecular weight excluding hydrogens is 399 g/mol. The van der Waals surface area contributed by atoms with E-state index in [0.29, 0.717) is 15.8 Å². The van der Waals surface area contributed by atoms with Crippen molar-refractivity contribution in [3.8, 4) is 0 Å². The Labute approximate surface area is 166 Å². The third-order valence-electron chi connectivity index (χ3n) is 3.83. The molecule has 0 aliphatic carbocycles. The lowest BCUT2D eigenvalue weighted by molar-refractivity contribution is -0.402. The van der Waals surface area contributed by atoms with Gasteiger partial charge in [0.05, 0.1) is 22.5 Å². The van der Waals surface area contributed by atoms with Crippen molar-refractivity contribution in [2.75, 3.05) is 5.01 Å². The summed E-state index contributed by atoms with van der Waals surface area (Å²) in [5.74, 6) is -1.24. The number of hydrogen-bond acceptors (Lipinski definition) is 7. The summed E-state index contributed by atoms with van der Waals surface area (Å²) in [6, 6.07) is 15.1. The van der Waals surface area contributed by atoms with Crippen molar-refractivity contribution < 1.29 is 18.5 Å². The molecule has 0 radical (unpaired) electrons. The Morgan fingerprint density at radius 2 is 2.00 bits per heavy atom. The van der Waals surface area contributed by atoms with Crippen molar-refractivity contribution in [1.82, 2.24) is 4.98 Å². The van der Waals surface area contributed by atoms with E-state index >= 15 is 0 Å². The van der Waals surface area contributed by atoms with Crippen LogP contribution in [0.15, 0.2) is 70.2 Å². The summed E-state index contributed by atoms with van der Waals surface area (Å²) in [6.07, 6.45) is 1.18. The fourth-order valence-corrected chi connectivity index (χ4v) is 3.44. The first kappa shape index (κ1) is 18.4. The maximum atomic E-state index is 13.5. The molecule has 4 rings (SSSR count). The van der Waals surface area contributed by atoms with Gasteiger partial charge in [0, 0.05) is 5.56 Å². The zero-order valence-electron chi connectivity index (χ0n) is 14.6. The first-order chi connectivity index (χ1) is 14.0. The van der Waals surface area contributed by atoms with Gasteiger partial charge >= 0.3 is 5.88 Å². The average molecular weight is 410 g/mol. The van der Waals surface area contributed by atoms with E-state index in [2.05, 4.69) is 10.1 Å². The second-order valence-corrected chi connectivity index (χ2v) is 6.78. The lowest BCUT2D eigenvalue weighted by Gasteiger charge is -2.13. The molecule has 0 aliphatic rings. The Kier molecular flexibility index (Phi) is 4.83. The number of carbonyl (C=O) groups is 1. The van der Waals surface area contributed by atoms with Crippen LogP contribution in [0.2, 0.25) is 0 Å². The fraction of sp³-hybridized carbons (Fsp3) is 0. The Morgan fingerprint density at radius 3 is 2.72 bits per heavy atom. The topological polar surface area (TPSA) is 102 Å². The van der Waals surface area contributed by atoms with E-state index in [-0.39, 0.29) is 10.9 Å². The van der Waals surface area contributed by atoms with Crippen molar-refractivity contribution in [1.29, 1.82) is 0 Å². The van der Waals surface area contributed by atoms with Gasteiger partial charge in [-0.2, -0.15) is 10.1 Å². The summed E-state index contributed by atoms with van der Waals surface area (Å²) < 4.78 is 19.1. The number of rotatable bonds is 5. The fourth-order valence-electron chi connectivity index (χ4n) is 2.49. The predicted octanol–water partition coefficient (Wildman–Crippen LogP) is 4.62. The average Bonchev–Trinajstić information content (AvgIpc) is 3.35. The largest absolute Gasteiger partial charge is 0.433 e. The monoisotopic (exact) mass is 410 g/mol. The summed E-state index contributed by atoms with van der Waals surface area (Å²) in [5, 5.41) is 16.2. The molecule has 0 N–H and O–H groups in total. The molecule has 0 saturated carbocycles. The third-order valence-corrected chi connectivity index (χ3v) is 4.82. The molecule has 2 aromatic heterocycles. The maximum absolute atomic E-state index is 13.5. The zero-order chi connectivity index (χ0) is 20.4. The highest BCUT2D eigenvalue weighted by Gasteiger charge is 2.21. The highest BCUT2D eigenvalue weighted by atomic mass is 32.1. The molecule has 0 aliphatic heterocycles. The van der Waals surface area contributed by atoms with Crippen LogP contribution in [-0.4, -0.2) is 22.0 Å². The van der Waals surface area contributed by atoms with Gasteiger partial charge in [-0.25, -0.2) is 9.37 Å². The molecule has 29 heavy (non-hydrogen) atoms. The lowest BCUT2D eigenvalue weighted by atomic mass is 10.2. The molecule has 10 heteroatoms. The number of hydrogen-bond donors (Lipinski definition) is 0. The molecule has 8 nitrogen and oxygen atoms in total. The lowest BCUT2D eigenvalue weighted by Crippen LogP contribution is -2.25. The van der Waals surface area contributed by atoms with Gasteiger partial charge in [-0.05, 0) is 36.4 Å². The van der Waals surface area contributed by atoms with E-state index in [1.54, 1.807) is 30.3 Å². The van der Waals surface area contributed by atoms with Gasteiger partial charge in [0.25, 0.3) is 5.91 Å². The highest BCUT2D eigenvalue weighted by molar-refractivity contribution is 7.22. The highest BCUT2D eigenvalue weighted by Crippen LogP contribution is 2.30. The molecule has 0 unspecified atom stereocenters. The van der Waals surface area contributed by atoms with Crippen LogP contribution in [-0.2, 0) is 0 Å². The van der Waals surface area contributed by atoms with E-state index in [1.165, 1.54) is 36.5 Å². The minimum absolute atomic E-state index is 0.0923. The molecular formula is C19H11FN4O4S. The molecule has 2 heterocycles. The van der Waals surface area contributed by atoms with E-state index in [4.69, 9.17) is 4.42 Å². The maximum Gasteiger partial charge on any atom is 0.433 e. The summed E-state index contributed by atoms with van der Waals surface area (Å²) >= 11 is 1.09. The molecule has 144 valence electrons. The Bertz CT molecular complexity index is 1240. The number of aromatic nitrogens is 1. The molecule has 0 fully saturated rings. The van der Waals surface area contributed by atoms with E-state index in [0.717, 1.165) is 16.3 Å². The first-order valence-corrected chi connectivity index (χ1v) is 9.07. The van der Waals surface area contributed by atoms with Crippen LogP contribution in [0.1, 0.15) is 16.1 Å². The number of nitrogens with zero attached hydrogens (tertiary/aromatic N) is 4. The van der Waals surface area contributed by atoms with Gasteiger partial charge in [-0.15, -0.1) is 0 Å². The first-order valence-electron chi connectivity index (χ1n) is 8.25. The summed E-state index contributed by atoms with van der Waals surface area (Å²) in [5.41, 5.74) is 0.876. The van der Waals surface area contributed by atoms with Crippen LogP contribution >= 0.6 is 11.3 Å². The van der Waals surface area contributed by atoms with Crippen LogP contribution < -0.4 is 5.01 Å². The second-order valence-electron chi connectivity index (χ2n) is 5.77. The number of carbonyl (C=O) groups excluding carboxylic acids is 1. The smallest absolute Gasteiger partial charge is 0.400 e. The third kappa shape index (κ3) is 3.87. The Morgan fingerprint density at radius 1 is 1.21 bits per heavy atom. The van der Waals surface area contributed by atoms with E-state index in [9.17, 15) is 19.3 Å². The second kappa shape index (κ2) is 7.60. The number of furan rings is 1. The van der Waals surface area contributed by atoms with Crippen LogP contribution in [0.5, 0.6) is 0 Å². The van der Waals surface area contributed by atoms with Crippen molar-refractivity contribution >= 4 is 44.7 Å². The Hall–Kier alpha value is -3.92. The van der Waals surface area contributed by atoms with Gasteiger partial charge in [-0.3, -0.25) is 14.9 Å². The van der Waals surface area contributed by atoms with Crippen LogP contribution in [0, 0.1) is 15.9 Å². The predicted molar refractivity (Wildman–Crippen MR) is 106 cm³/mol. The van der Waals surface area contributed by atoms with Crippen molar-refractivity contribution in [2.24, 2.45) is 5.10 Å². The summed E-state index contributed by atoms with van der Waals surface area (Å²) in [7, 11) is 0. The molecule has 4 aromatic rings. The molecule has 0 saturated heterocycles. The number of fused-ring (bicyclic) bond motifs is 1. The number of hydrazone groups is 1.